The molecule has 0 aromatic heterocycles. The van der Waals surface area contributed by atoms with Crippen LogP contribution in [0, 0.1) is 0 Å². The van der Waals surface area contributed by atoms with E-state index in [0.717, 1.165) is 53.3 Å². The number of para-hydroxylation sites is 1. The second kappa shape index (κ2) is 11.5. The predicted molar refractivity (Wildman–Crippen MR) is 158 cm³/mol. The second-order valence-electron chi connectivity index (χ2n) is 11.1. The molecule has 3 aliphatic rings. The van der Waals surface area contributed by atoms with Crippen LogP contribution in [-0.2, 0) is 4.79 Å². The van der Waals surface area contributed by atoms with Crippen LogP contribution in [0.4, 0.5) is 5.69 Å². The highest BCUT2D eigenvalue weighted by Crippen LogP contribution is 2.47. The van der Waals surface area contributed by atoms with E-state index in [1.165, 1.54) is 6.42 Å². The zero-order valence-corrected chi connectivity index (χ0v) is 23.7. The highest BCUT2D eigenvalue weighted by molar-refractivity contribution is 6.33. The Bertz CT molecular complexity index is 1360. The van der Waals surface area contributed by atoms with Crippen molar-refractivity contribution in [1.29, 1.82) is 0 Å². The number of carbonyl (C=O) groups excluding carboxylic acids is 2. The number of halogens is 1. The van der Waals surface area contributed by atoms with Crippen LogP contribution in [0.5, 0.6) is 5.75 Å². The van der Waals surface area contributed by atoms with E-state index in [4.69, 9.17) is 16.3 Å². The summed E-state index contributed by atoms with van der Waals surface area (Å²) in [6.07, 6.45) is 5.35. The number of hydrogen-bond acceptors (Lipinski definition) is 4. The Hall–Kier alpha value is -3.51. The normalized spacial score (nSPS) is 21.8. The van der Waals surface area contributed by atoms with Crippen LogP contribution >= 0.6 is 11.6 Å². The molecule has 6 rings (SSSR count). The minimum absolute atomic E-state index is 0.0379. The molecule has 2 fully saturated rings. The van der Waals surface area contributed by atoms with Gasteiger partial charge in [0.1, 0.15) is 5.75 Å². The number of anilines is 1. The SMILES string of the molecule is COc1ccc([C@@H]2[C@@H](C(=O)N3CCN(c4ccccc4Cl)CC3)c3ccccc3C(=O)N2C2CCCCC2)cc1. The molecule has 2 heterocycles. The van der Waals surface area contributed by atoms with Gasteiger partial charge >= 0.3 is 0 Å². The summed E-state index contributed by atoms with van der Waals surface area (Å²) < 4.78 is 5.43. The number of fused-ring (bicyclic) bond motifs is 1. The molecule has 2 atom stereocenters. The van der Waals surface area contributed by atoms with Crippen molar-refractivity contribution in [2.24, 2.45) is 0 Å². The van der Waals surface area contributed by atoms with Crippen molar-refractivity contribution < 1.29 is 14.3 Å². The summed E-state index contributed by atoms with van der Waals surface area (Å²) >= 11 is 6.48. The lowest BCUT2D eigenvalue weighted by Crippen LogP contribution is -2.55. The Kier molecular flexibility index (Phi) is 7.70. The van der Waals surface area contributed by atoms with Crippen LogP contribution in [-0.4, -0.2) is 60.9 Å². The fourth-order valence-electron chi connectivity index (χ4n) is 6.81. The lowest BCUT2D eigenvalue weighted by molar-refractivity contribution is -0.135. The van der Waals surface area contributed by atoms with E-state index in [1.807, 2.05) is 77.7 Å². The Labute approximate surface area is 241 Å². The Morgan fingerprint density at radius 2 is 1.52 bits per heavy atom. The molecule has 0 unspecified atom stereocenters. The maximum atomic E-state index is 14.6. The average molecular weight is 558 g/mol. The number of nitrogens with zero attached hydrogens (tertiary/aromatic N) is 3. The van der Waals surface area contributed by atoms with Gasteiger partial charge in [-0.3, -0.25) is 9.59 Å². The molecule has 7 heteroatoms. The molecule has 0 spiro atoms. The quantitative estimate of drug-likeness (QED) is 0.369. The number of hydrogen-bond donors (Lipinski definition) is 0. The molecule has 0 bridgehead atoms. The minimum Gasteiger partial charge on any atom is -0.497 e. The van der Waals surface area contributed by atoms with Gasteiger partial charge in [0.15, 0.2) is 0 Å². The van der Waals surface area contributed by atoms with Gasteiger partial charge in [0, 0.05) is 37.8 Å². The van der Waals surface area contributed by atoms with E-state index in [1.54, 1.807) is 7.11 Å². The predicted octanol–water partition coefficient (Wildman–Crippen LogP) is 6.31. The van der Waals surface area contributed by atoms with Crippen LogP contribution in [0.3, 0.4) is 0 Å². The Morgan fingerprint density at radius 3 is 2.23 bits per heavy atom. The summed E-state index contributed by atoms with van der Waals surface area (Å²) in [5.41, 5.74) is 3.47. The Balaban J connectivity index is 1.37. The summed E-state index contributed by atoms with van der Waals surface area (Å²) in [4.78, 5) is 35.0. The number of piperazine rings is 1. The number of methoxy groups -OCH3 is 1. The molecular formula is C33H36ClN3O3. The maximum absolute atomic E-state index is 14.6. The fourth-order valence-corrected chi connectivity index (χ4v) is 7.06. The number of carbonyl (C=O) groups is 2. The van der Waals surface area contributed by atoms with E-state index < -0.39 is 5.92 Å². The maximum Gasteiger partial charge on any atom is 0.254 e. The van der Waals surface area contributed by atoms with Crippen molar-refractivity contribution in [2.75, 3.05) is 38.2 Å². The van der Waals surface area contributed by atoms with Gasteiger partial charge < -0.3 is 19.4 Å². The standard InChI is InChI=1S/C33H36ClN3O3/c1-40-25-17-15-23(16-18-25)31-30(33(39)36-21-19-35(20-22-36)29-14-8-7-13-28(29)34)26-11-5-6-12-27(26)32(38)37(31)24-9-3-2-4-10-24/h5-8,11-18,24,30-31H,2-4,9-10,19-22H2,1H3/t30-,31+/m0/s1. The van der Waals surface area contributed by atoms with E-state index >= 15 is 0 Å². The fraction of sp³-hybridized carbons (Fsp3) is 0.394. The molecule has 0 radical (unpaired) electrons. The molecule has 2 amide bonds. The molecule has 3 aromatic rings. The number of rotatable bonds is 5. The first kappa shape index (κ1) is 26.7. The number of benzene rings is 3. The molecule has 0 N–H and O–H groups in total. The summed E-state index contributed by atoms with van der Waals surface area (Å²) in [5.74, 6) is 0.404. The van der Waals surface area contributed by atoms with Crippen LogP contribution in [0.15, 0.2) is 72.8 Å². The van der Waals surface area contributed by atoms with Gasteiger partial charge in [-0.05, 0) is 54.3 Å². The topological polar surface area (TPSA) is 53.1 Å². The van der Waals surface area contributed by atoms with E-state index in [-0.39, 0.29) is 23.9 Å². The summed E-state index contributed by atoms with van der Waals surface area (Å²) in [6, 6.07) is 23.3. The smallest absolute Gasteiger partial charge is 0.254 e. The molecule has 1 saturated carbocycles. The van der Waals surface area contributed by atoms with Crippen molar-refractivity contribution in [3.05, 3.63) is 94.5 Å². The second-order valence-corrected chi connectivity index (χ2v) is 11.5. The largest absolute Gasteiger partial charge is 0.497 e. The average Bonchev–Trinajstić information content (AvgIpc) is 3.01. The number of ether oxygens (including phenoxy) is 1. The van der Waals surface area contributed by atoms with E-state index in [0.29, 0.717) is 31.7 Å². The molecule has 1 aliphatic carbocycles. The summed E-state index contributed by atoms with van der Waals surface area (Å²) in [6.45, 7) is 2.63. The van der Waals surface area contributed by atoms with Gasteiger partial charge in [0.05, 0.1) is 29.8 Å². The minimum atomic E-state index is -0.476. The van der Waals surface area contributed by atoms with Crippen LogP contribution in [0.1, 0.15) is 65.5 Å². The monoisotopic (exact) mass is 557 g/mol. The third kappa shape index (κ3) is 4.94. The van der Waals surface area contributed by atoms with Crippen LogP contribution < -0.4 is 9.64 Å². The van der Waals surface area contributed by atoms with Crippen molar-refractivity contribution in [3.8, 4) is 5.75 Å². The first-order valence-corrected chi connectivity index (χ1v) is 14.8. The molecular weight excluding hydrogens is 522 g/mol. The van der Waals surface area contributed by atoms with Gasteiger partial charge in [0.2, 0.25) is 5.91 Å². The summed E-state index contributed by atoms with van der Waals surface area (Å²) in [7, 11) is 1.65. The van der Waals surface area contributed by atoms with E-state index in [2.05, 4.69) is 9.80 Å². The molecule has 40 heavy (non-hydrogen) atoms. The van der Waals surface area contributed by atoms with Crippen molar-refractivity contribution in [1.82, 2.24) is 9.80 Å². The highest BCUT2D eigenvalue weighted by atomic mass is 35.5. The zero-order chi connectivity index (χ0) is 27.6. The third-order valence-electron chi connectivity index (χ3n) is 8.85. The Morgan fingerprint density at radius 1 is 0.850 bits per heavy atom. The molecule has 3 aromatic carbocycles. The lowest BCUT2D eigenvalue weighted by atomic mass is 9.77. The first-order valence-electron chi connectivity index (χ1n) is 14.4. The lowest BCUT2D eigenvalue weighted by Gasteiger charge is -2.48. The van der Waals surface area contributed by atoms with Crippen molar-refractivity contribution in [2.45, 2.75) is 50.1 Å². The van der Waals surface area contributed by atoms with Gasteiger partial charge in [-0.2, -0.15) is 0 Å². The van der Waals surface area contributed by atoms with Gasteiger partial charge in [-0.1, -0.05) is 73.3 Å². The van der Waals surface area contributed by atoms with Gasteiger partial charge in [-0.15, -0.1) is 0 Å². The van der Waals surface area contributed by atoms with Gasteiger partial charge in [0.25, 0.3) is 5.91 Å². The third-order valence-corrected chi connectivity index (χ3v) is 9.17. The van der Waals surface area contributed by atoms with Crippen molar-refractivity contribution >= 4 is 29.1 Å². The molecule has 6 nitrogen and oxygen atoms in total. The van der Waals surface area contributed by atoms with Gasteiger partial charge in [-0.25, -0.2) is 0 Å². The highest BCUT2D eigenvalue weighted by Gasteiger charge is 2.48. The van der Waals surface area contributed by atoms with Crippen LogP contribution in [0.2, 0.25) is 5.02 Å². The summed E-state index contributed by atoms with van der Waals surface area (Å²) in [5, 5.41) is 0.727. The molecule has 2 aliphatic heterocycles. The molecule has 208 valence electrons. The number of amides is 2. The van der Waals surface area contributed by atoms with E-state index in [9.17, 15) is 9.59 Å². The van der Waals surface area contributed by atoms with Crippen LogP contribution in [0.25, 0.3) is 0 Å². The molecule has 1 saturated heterocycles. The first-order chi connectivity index (χ1) is 19.6. The van der Waals surface area contributed by atoms with Crippen molar-refractivity contribution in [3.63, 3.8) is 0 Å². The zero-order valence-electron chi connectivity index (χ0n) is 23.0.